The van der Waals surface area contributed by atoms with Crippen LogP contribution < -0.4 is 5.32 Å². The first-order valence-corrected chi connectivity index (χ1v) is 6.81. The zero-order chi connectivity index (χ0) is 15.6. The fourth-order valence-electron chi connectivity index (χ4n) is 1.67. The van der Waals surface area contributed by atoms with Gasteiger partial charge in [0.25, 0.3) is 5.91 Å². The van der Waals surface area contributed by atoms with Crippen LogP contribution in [0.2, 0.25) is 15.1 Å². The van der Waals surface area contributed by atoms with Gasteiger partial charge >= 0.3 is 5.97 Å². The number of anilines is 1. The number of hydrogen-bond donors (Lipinski definition) is 2. The molecule has 4 nitrogen and oxygen atoms in total. The summed E-state index contributed by atoms with van der Waals surface area (Å²) in [5.41, 5.74) is 0.205. The molecular formula is C14H8Cl3NO3. The van der Waals surface area contributed by atoms with E-state index in [0.29, 0.717) is 5.02 Å². The van der Waals surface area contributed by atoms with E-state index in [0.717, 1.165) is 0 Å². The van der Waals surface area contributed by atoms with Crippen molar-refractivity contribution in [1.82, 2.24) is 0 Å². The van der Waals surface area contributed by atoms with Gasteiger partial charge in [-0.15, -0.1) is 0 Å². The summed E-state index contributed by atoms with van der Waals surface area (Å²) in [7, 11) is 0. The van der Waals surface area contributed by atoms with Gasteiger partial charge < -0.3 is 10.4 Å². The van der Waals surface area contributed by atoms with Crippen molar-refractivity contribution in [2.45, 2.75) is 0 Å². The summed E-state index contributed by atoms with van der Waals surface area (Å²) in [6, 6.07) is 8.54. The van der Waals surface area contributed by atoms with Gasteiger partial charge in [0.05, 0.1) is 21.8 Å². The third kappa shape index (κ3) is 3.67. The van der Waals surface area contributed by atoms with Gasteiger partial charge in [-0.2, -0.15) is 0 Å². The molecule has 21 heavy (non-hydrogen) atoms. The van der Waals surface area contributed by atoms with E-state index in [9.17, 15) is 9.59 Å². The standard InChI is InChI=1S/C14H8Cl3NO3/c15-7-2-4-12(10(5-7)14(20)21)18-13(19)9-3-1-8(16)6-11(9)17/h1-6H,(H,18,19)(H,20,21). The van der Waals surface area contributed by atoms with Gasteiger partial charge in [-0.05, 0) is 36.4 Å². The number of carbonyl (C=O) groups excluding carboxylic acids is 1. The maximum atomic E-state index is 12.1. The van der Waals surface area contributed by atoms with Crippen molar-refractivity contribution in [3.63, 3.8) is 0 Å². The Morgan fingerprint density at radius 1 is 0.905 bits per heavy atom. The molecule has 0 heterocycles. The maximum Gasteiger partial charge on any atom is 0.337 e. The largest absolute Gasteiger partial charge is 0.478 e. The van der Waals surface area contributed by atoms with Crippen LogP contribution in [0.1, 0.15) is 20.7 Å². The molecule has 0 aliphatic rings. The number of rotatable bonds is 3. The molecule has 0 saturated carbocycles. The van der Waals surface area contributed by atoms with Crippen LogP contribution in [-0.4, -0.2) is 17.0 Å². The number of carboxylic acids is 1. The second-order valence-corrected chi connectivity index (χ2v) is 5.35. The lowest BCUT2D eigenvalue weighted by Crippen LogP contribution is -2.15. The third-order valence-corrected chi connectivity index (χ3v) is 3.42. The van der Waals surface area contributed by atoms with E-state index in [1.54, 1.807) is 0 Å². The van der Waals surface area contributed by atoms with Crippen LogP contribution in [0.5, 0.6) is 0 Å². The second-order valence-electron chi connectivity index (χ2n) is 4.07. The highest BCUT2D eigenvalue weighted by Crippen LogP contribution is 2.24. The Kier molecular flexibility index (Phi) is 4.73. The quantitative estimate of drug-likeness (QED) is 0.855. The van der Waals surface area contributed by atoms with Crippen LogP contribution in [0.3, 0.4) is 0 Å². The van der Waals surface area contributed by atoms with Crippen LogP contribution in [-0.2, 0) is 0 Å². The van der Waals surface area contributed by atoms with Gasteiger partial charge in [0, 0.05) is 10.0 Å². The van der Waals surface area contributed by atoms with Crippen molar-refractivity contribution in [3.8, 4) is 0 Å². The average Bonchev–Trinajstić information content (AvgIpc) is 2.40. The molecule has 2 aromatic rings. The Balaban J connectivity index is 2.34. The van der Waals surface area contributed by atoms with E-state index in [1.807, 2.05) is 0 Å². The number of hydrogen-bond acceptors (Lipinski definition) is 2. The smallest absolute Gasteiger partial charge is 0.337 e. The van der Waals surface area contributed by atoms with Gasteiger partial charge in [0.15, 0.2) is 0 Å². The van der Waals surface area contributed by atoms with Crippen molar-refractivity contribution in [3.05, 3.63) is 62.6 Å². The number of benzene rings is 2. The minimum absolute atomic E-state index is 0.110. The molecule has 2 rings (SSSR count). The molecule has 0 saturated heterocycles. The first kappa shape index (κ1) is 15.6. The molecule has 1 amide bonds. The molecule has 0 radical (unpaired) electrons. The minimum Gasteiger partial charge on any atom is -0.478 e. The first-order valence-electron chi connectivity index (χ1n) is 5.67. The average molecular weight is 345 g/mol. The van der Waals surface area contributed by atoms with E-state index in [4.69, 9.17) is 39.9 Å². The van der Waals surface area contributed by atoms with Gasteiger partial charge in [0.2, 0.25) is 0 Å². The Morgan fingerprint density at radius 2 is 1.52 bits per heavy atom. The normalized spacial score (nSPS) is 10.2. The molecule has 0 spiro atoms. The molecule has 2 N–H and O–H groups in total. The lowest BCUT2D eigenvalue weighted by Gasteiger charge is -2.10. The number of carbonyl (C=O) groups is 2. The summed E-state index contributed by atoms with van der Waals surface area (Å²) in [6.07, 6.45) is 0. The van der Waals surface area contributed by atoms with Crippen LogP contribution in [0, 0.1) is 0 Å². The summed E-state index contributed by atoms with van der Waals surface area (Å²) in [5.74, 6) is -1.74. The molecule has 2 aromatic carbocycles. The maximum absolute atomic E-state index is 12.1. The number of amides is 1. The lowest BCUT2D eigenvalue weighted by molar-refractivity contribution is 0.0698. The number of aromatic carboxylic acids is 1. The van der Waals surface area contributed by atoms with E-state index in [1.165, 1.54) is 36.4 Å². The SMILES string of the molecule is O=C(Nc1ccc(Cl)cc1C(=O)O)c1ccc(Cl)cc1Cl. The van der Waals surface area contributed by atoms with Crippen molar-refractivity contribution in [1.29, 1.82) is 0 Å². The highest BCUT2D eigenvalue weighted by molar-refractivity contribution is 6.37. The van der Waals surface area contributed by atoms with Crippen LogP contribution in [0.25, 0.3) is 0 Å². The molecule has 0 aliphatic heterocycles. The van der Waals surface area contributed by atoms with Crippen molar-refractivity contribution >= 4 is 52.4 Å². The van der Waals surface area contributed by atoms with E-state index in [2.05, 4.69) is 5.32 Å². The summed E-state index contributed by atoms with van der Waals surface area (Å²) in [6.45, 7) is 0. The zero-order valence-electron chi connectivity index (χ0n) is 10.4. The third-order valence-electron chi connectivity index (χ3n) is 2.64. The van der Waals surface area contributed by atoms with E-state index < -0.39 is 11.9 Å². The molecule has 0 bridgehead atoms. The van der Waals surface area contributed by atoms with Crippen molar-refractivity contribution < 1.29 is 14.7 Å². The van der Waals surface area contributed by atoms with Crippen LogP contribution in [0.15, 0.2) is 36.4 Å². The van der Waals surface area contributed by atoms with Gasteiger partial charge in [-0.3, -0.25) is 4.79 Å². The van der Waals surface area contributed by atoms with Crippen LogP contribution >= 0.6 is 34.8 Å². The van der Waals surface area contributed by atoms with Crippen molar-refractivity contribution in [2.75, 3.05) is 5.32 Å². The Bertz CT molecular complexity index is 731. The fraction of sp³-hybridized carbons (Fsp3) is 0. The predicted octanol–water partition coefficient (Wildman–Crippen LogP) is 4.60. The monoisotopic (exact) mass is 343 g/mol. The highest BCUT2D eigenvalue weighted by Gasteiger charge is 2.16. The molecule has 0 aliphatic carbocycles. The van der Waals surface area contributed by atoms with Gasteiger partial charge in [0.1, 0.15) is 0 Å². The van der Waals surface area contributed by atoms with E-state index in [-0.39, 0.29) is 26.9 Å². The molecular weight excluding hydrogens is 337 g/mol. The fourth-order valence-corrected chi connectivity index (χ4v) is 2.33. The predicted molar refractivity (Wildman–Crippen MR) is 82.8 cm³/mol. The molecule has 7 heteroatoms. The first-order chi connectivity index (χ1) is 9.88. The summed E-state index contributed by atoms with van der Waals surface area (Å²) in [4.78, 5) is 23.3. The highest BCUT2D eigenvalue weighted by atomic mass is 35.5. The minimum atomic E-state index is -1.20. The summed E-state index contributed by atoms with van der Waals surface area (Å²) >= 11 is 17.4. The number of carboxylic acid groups (broad SMARTS) is 1. The molecule has 0 unspecified atom stereocenters. The van der Waals surface area contributed by atoms with Gasteiger partial charge in [-0.1, -0.05) is 34.8 Å². The Hall–Kier alpha value is -1.75. The molecule has 0 aromatic heterocycles. The lowest BCUT2D eigenvalue weighted by atomic mass is 10.1. The molecule has 0 fully saturated rings. The second kappa shape index (κ2) is 6.35. The summed E-state index contributed by atoms with van der Waals surface area (Å²) in [5, 5.41) is 12.4. The van der Waals surface area contributed by atoms with Gasteiger partial charge in [-0.25, -0.2) is 4.79 Å². The zero-order valence-corrected chi connectivity index (χ0v) is 12.6. The topological polar surface area (TPSA) is 66.4 Å². The van der Waals surface area contributed by atoms with Crippen molar-refractivity contribution in [2.24, 2.45) is 0 Å². The summed E-state index contributed by atoms with van der Waals surface area (Å²) < 4.78 is 0. The Morgan fingerprint density at radius 3 is 2.14 bits per heavy atom. The molecule has 108 valence electrons. The number of nitrogens with one attached hydrogen (secondary N) is 1. The Labute approximate surface area is 135 Å². The molecule has 0 atom stereocenters. The van der Waals surface area contributed by atoms with Crippen LogP contribution in [0.4, 0.5) is 5.69 Å². The van der Waals surface area contributed by atoms with E-state index >= 15 is 0 Å². The number of halogens is 3.